The summed E-state index contributed by atoms with van der Waals surface area (Å²) in [6.45, 7) is 6.68. The van der Waals surface area contributed by atoms with Gasteiger partial charge in [-0.15, -0.1) is 24.8 Å². The third kappa shape index (κ3) is 3.99. The van der Waals surface area contributed by atoms with Crippen LogP contribution in [-0.2, 0) is 4.84 Å². The van der Waals surface area contributed by atoms with Crippen molar-refractivity contribution in [1.29, 1.82) is 0 Å². The van der Waals surface area contributed by atoms with Crippen LogP contribution < -0.4 is 11.2 Å². The molecule has 0 aromatic heterocycles. The Morgan fingerprint density at radius 1 is 1.00 bits per heavy atom. The summed E-state index contributed by atoms with van der Waals surface area (Å²) in [6, 6.07) is 0. The number of aliphatic hydroxyl groups excluding tert-OH is 1. The van der Waals surface area contributed by atoms with Crippen molar-refractivity contribution in [3.63, 3.8) is 0 Å². The molecular weight excluding hydrogens is 411 g/mol. The van der Waals surface area contributed by atoms with Crippen LogP contribution in [0, 0.1) is 34.5 Å². The number of halogens is 2. The third-order valence-electron chi connectivity index (χ3n) is 9.67. The van der Waals surface area contributed by atoms with Crippen LogP contribution in [-0.4, -0.2) is 41.6 Å². The Kier molecular flexibility index (Phi) is 8.38. The van der Waals surface area contributed by atoms with Gasteiger partial charge in [-0.2, -0.15) is 0 Å². The molecule has 5 nitrogen and oxygen atoms in total. The number of rotatable bonds is 5. The molecule has 4 aliphatic rings. The number of nitrogens with one attached hydrogen (secondary N) is 1. The smallest absolute Gasteiger partial charge is 0.0804 e. The number of aliphatic hydroxyl groups is 2. The lowest BCUT2D eigenvalue weighted by Crippen LogP contribution is -2.62. The number of hydrogen-bond donors (Lipinski definition) is 4. The molecule has 0 heterocycles. The summed E-state index contributed by atoms with van der Waals surface area (Å²) < 4.78 is 0. The molecule has 0 bridgehead atoms. The third-order valence-corrected chi connectivity index (χ3v) is 9.67. The van der Waals surface area contributed by atoms with Gasteiger partial charge in [-0.25, -0.2) is 5.48 Å². The molecule has 4 rings (SSSR count). The highest BCUT2D eigenvalue weighted by Crippen LogP contribution is 2.68. The standard InChI is InChI=1S/C22H40N2O3.2ClH/c1-20-8-6-17(25)13-15(20)3-4-19-18(20)7-9-21(2)16(5-10-22(19,21)26)14-24-27-12-11-23;;/h15-19,24-26H,3-14,23H2,1-2H3;2*1H/t15-,16-,17+,18+,19-,20+,21-,22+;;/m1../s1. The van der Waals surface area contributed by atoms with Crippen molar-refractivity contribution >= 4 is 24.8 Å². The average molecular weight is 453 g/mol. The van der Waals surface area contributed by atoms with E-state index in [-0.39, 0.29) is 36.3 Å². The summed E-state index contributed by atoms with van der Waals surface area (Å²) in [4.78, 5) is 5.43. The molecule has 0 saturated heterocycles. The van der Waals surface area contributed by atoms with E-state index in [0.29, 0.717) is 42.2 Å². The van der Waals surface area contributed by atoms with E-state index < -0.39 is 5.60 Å². The van der Waals surface area contributed by atoms with E-state index >= 15 is 0 Å². The summed E-state index contributed by atoms with van der Waals surface area (Å²) in [5.74, 6) is 2.13. The quantitative estimate of drug-likeness (QED) is 0.378. The molecular formula is C22H42Cl2N2O3. The minimum atomic E-state index is -0.541. The van der Waals surface area contributed by atoms with Crippen LogP contribution in [0.5, 0.6) is 0 Å². The Balaban J connectivity index is 0.00000150. The van der Waals surface area contributed by atoms with Crippen LogP contribution in [0.15, 0.2) is 0 Å². The van der Waals surface area contributed by atoms with Crippen LogP contribution in [0.1, 0.15) is 71.6 Å². The van der Waals surface area contributed by atoms with Crippen molar-refractivity contribution in [2.45, 2.75) is 83.3 Å². The van der Waals surface area contributed by atoms with Crippen LogP contribution in [0.3, 0.4) is 0 Å². The molecule has 7 heteroatoms. The minimum Gasteiger partial charge on any atom is -0.393 e. The first kappa shape index (κ1) is 25.6. The molecule has 0 aromatic rings. The Morgan fingerprint density at radius 2 is 1.76 bits per heavy atom. The Labute approximate surface area is 188 Å². The van der Waals surface area contributed by atoms with Crippen molar-refractivity contribution in [2.75, 3.05) is 19.7 Å². The molecule has 172 valence electrons. The molecule has 0 amide bonds. The van der Waals surface area contributed by atoms with E-state index in [9.17, 15) is 10.2 Å². The van der Waals surface area contributed by atoms with Crippen LogP contribution in [0.2, 0.25) is 0 Å². The fourth-order valence-electron chi connectivity index (χ4n) is 7.93. The van der Waals surface area contributed by atoms with Crippen LogP contribution >= 0.6 is 24.8 Å². The fourth-order valence-corrected chi connectivity index (χ4v) is 7.93. The van der Waals surface area contributed by atoms with E-state index in [2.05, 4.69) is 19.3 Å². The van der Waals surface area contributed by atoms with Crippen LogP contribution in [0.4, 0.5) is 0 Å². The first-order chi connectivity index (χ1) is 12.8. The molecule has 4 saturated carbocycles. The fraction of sp³-hybridized carbons (Fsp3) is 1.00. The van der Waals surface area contributed by atoms with E-state index in [1.54, 1.807) is 0 Å². The van der Waals surface area contributed by atoms with Crippen molar-refractivity contribution in [1.82, 2.24) is 5.48 Å². The number of hydrogen-bond acceptors (Lipinski definition) is 5. The first-order valence-corrected chi connectivity index (χ1v) is 11.3. The number of fused-ring (bicyclic) bond motifs is 5. The summed E-state index contributed by atoms with van der Waals surface area (Å²) in [6.07, 6.45) is 9.59. The van der Waals surface area contributed by atoms with E-state index in [4.69, 9.17) is 10.6 Å². The van der Waals surface area contributed by atoms with Crippen LogP contribution in [0.25, 0.3) is 0 Å². The largest absolute Gasteiger partial charge is 0.393 e. The van der Waals surface area contributed by atoms with Gasteiger partial charge in [0.05, 0.1) is 18.3 Å². The van der Waals surface area contributed by atoms with Crippen molar-refractivity contribution < 1.29 is 15.1 Å². The van der Waals surface area contributed by atoms with Gasteiger partial charge in [-0.05, 0) is 86.9 Å². The van der Waals surface area contributed by atoms with Crippen molar-refractivity contribution in [3.8, 4) is 0 Å². The zero-order chi connectivity index (χ0) is 19.3. The zero-order valence-electron chi connectivity index (χ0n) is 18.1. The molecule has 29 heavy (non-hydrogen) atoms. The highest BCUT2D eigenvalue weighted by molar-refractivity contribution is 5.85. The molecule has 0 aromatic carbocycles. The Hall–Kier alpha value is 0.380. The monoisotopic (exact) mass is 452 g/mol. The highest BCUT2D eigenvalue weighted by Gasteiger charge is 2.66. The maximum atomic E-state index is 12.1. The molecule has 5 N–H and O–H groups in total. The summed E-state index contributed by atoms with van der Waals surface area (Å²) >= 11 is 0. The van der Waals surface area contributed by atoms with E-state index in [1.165, 1.54) is 12.8 Å². The van der Waals surface area contributed by atoms with Gasteiger partial charge >= 0.3 is 0 Å². The van der Waals surface area contributed by atoms with Crippen molar-refractivity contribution in [3.05, 3.63) is 0 Å². The average Bonchev–Trinajstić information content (AvgIpc) is 2.91. The lowest BCUT2D eigenvalue weighted by atomic mass is 9.43. The molecule has 4 fully saturated rings. The molecule has 4 aliphatic carbocycles. The van der Waals surface area contributed by atoms with Gasteiger partial charge in [0.15, 0.2) is 0 Å². The predicted octanol–water partition coefficient (Wildman–Crippen LogP) is 3.44. The Bertz CT molecular complexity index is 556. The SMILES string of the molecule is C[C@]12CC[C@H](O)C[C@H]1CC[C@@H]1[C@@H]2CC[C@]2(C)[C@@H](CNOCCN)CC[C@]12O.Cl.Cl. The van der Waals surface area contributed by atoms with E-state index in [1.807, 2.05) is 0 Å². The maximum Gasteiger partial charge on any atom is 0.0804 e. The Morgan fingerprint density at radius 3 is 2.48 bits per heavy atom. The summed E-state index contributed by atoms with van der Waals surface area (Å²) in [7, 11) is 0. The molecule has 0 spiro atoms. The van der Waals surface area contributed by atoms with Crippen molar-refractivity contribution in [2.24, 2.45) is 40.2 Å². The highest BCUT2D eigenvalue weighted by atomic mass is 35.5. The molecule has 0 aliphatic heterocycles. The molecule has 8 atom stereocenters. The van der Waals surface area contributed by atoms with Gasteiger partial charge in [0, 0.05) is 18.5 Å². The molecule has 0 radical (unpaired) electrons. The van der Waals surface area contributed by atoms with E-state index in [0.717, 1.165) is 51.5 Å². The summed E-state index contributed by atoms with van der Waals surface area (Å²) in [5.41, 5.74) is 8.36. The lowest BCUT2D eigenvalue weighted by molar-refractivity contribution is -0.211. The van der Waals surface area contributed by atoms with Gasteiger partial charge < -0.3 is 20.8 Å². The first-order valence-electron chi connectivity index (χ1n) is 11.3. The second-order valence-electron chi connectivity index (χ2n) is 10.5. The molecule has 0 unspecified atom stereocenters. The van der Waals surface area contributed by atoms with Gasteiger partial charge in [-0.1, -0.05) is 13.8 Å². The number of nitrogens with two attached hydrogens (primary N) is 1. The van der Waals surface area contributed by atoms with Gasteiger partial charge in [-0.3, -0.25) is 0 Å². The topological polar surface area (TPSA) is 87.7 Å². The van der Waals surface area contributed by atoms with Gasteiger partial charge in [0.2, 0.25) is 0 Å². The normalized spacial score (nSPS) is 48.5. The summed E-state index contributed by atoms with van der Waals surface area (Å²) in [5, 5.41) is 22.2. The van der Waals surface area contributed by atoms with Gasteiger partial charge in [0.1, 0.15) is 0 Å². The second-order valence-corrected chi connectivity index (χ2v) is 10.5. The minimum absolute atomic E-state index is 0. The maximum absolute atomic E-state index is 12.1. The number of hydroxylamine groups is 1. The second kappa shape index (κ2) is 9.48. The van der Waals surface area contributed by atoms with Gasteiger partial charge in [0.25, 0.3) is 0 Å². The predicted molar refractivity (Wildman–Crippen MR) is 120 cm³/mol. The lowest BCUT2D eigenvalue weighted by Gasteiger charge is -2.63. The zero-order valence-corrected chi connectivity index (χ0v) is 19.7.